The number of nitrogens with zero attached hydrogens (tertiary/aromatic N) is 1. The van der Waals surface area contributed by atoms with Crippen LogP contribution in [0.3, 0.4) is 0 Å². The second-order valence-electron chi connectivity index (χ2n) is 7.12. The smallest absolute Gasteiger partial charge is 0.322 e. The Morgan fingerprint density at radius 2 is 1.97 bits per heavy atom. The quantitative estimate of drug-likeness (QED) is 0.582. The van der Waals surface area contributed by atoms with E-state index in [0.29, 0.717) is 12.2 Å². The molecule has 0 spiro atoms. The molecular formula is C23H21N3O3S. The number of ether oxygens (including phenoxy) is 1. The lowest BCUT2D eigenvalue weighted by Gasteiger charge is -2.14. The zero-order chi connectivity index (χ0) is 21.1. The molecule has 0 radical (unpaired) electrons. The predicted molar refractivity (Wildman–Crippen MR) is 114 cm³/mol. The van der Waals surface area contributed by atoms with Crippen LogP contribution in [-0.4, -0.2) is 16.9 Å². The maximum Gasteiger partial charge on any atom is 0.322 e. The number of rotatable bonds is 6. The van der Waals surface area contributed by atoms with Crippen LogP contribution in [0.2, 0.25) is 0 Å². The fraction of sp³-hybridized carbons (Fsp3) is 0.174. The average molecular weight is 420 g/mol. The molecule has 1 fully saturated rings. The number of hydrogen-bond donors (Lipinski definition) is 2. The number of nitrogens with one attached hydrogen (secondary N) is 2. The third-order valence-corrected chi connectivity index (χ3v) is 5.83. The van der Waals surface area contributed by atoms with Crippen molar-refractivity contribution in [3.8, 4) is 5.75 Å². The van der Waals surface area contributed by atoms with E-state index in [1.807, 2.05) is 37.3 Å². The molecule has 0 bridgehead atoms. The summed E-state index contributed by atoms with van der Waals surface area (Å²) < 4.78 is 5.99. The first-order chi connectivity index (χ1) is 14.5. The van der Waals surface area contributed by atoms with Gasteiger partial charge >= 0.3 is 6.03 Å². The van der Waals surface area contributed by atoms with Crippen LogP contribution in [0, 0.1) is 13.8 Å². The standard InChI is InChI=1S/C23H21N3O3S/c1-14-4-3-5-16(10-14)13-29-19-7-6-17(11-15(19)2)30-20-8-9-24-12-18(20)21-22(27)26-23(28)25-21/h3-12,21H,13H2,1-2H3,(H2,25,26,27,28). The maximum atomic E-state index is 12.1. The van der Waals surface area contributed by atoms with E-state index in [9.17, 15) is 9.59 Å². The number of imide groups is 1. The molecule has 0 aliphatic carbocycles. The third kappa shape index (κ3) is 4.46. The molecule has 1 saturated heterocycles. The lowest BCUT2D eigenvalue weighted by molar-refractivity contribution is -0.120. The molecule has 1 aliphatic rings. The normalized spacial score (nSPS) is 15.6. The summed E-state index contributed by atoms with van der Waals surface area (Å²) in [6.07, 6.45) is 3.29. The lowest BCUT2D eigenvalue weighted by Crippen LogP contribution is -2.22. The molecule has 2 aromatic carbocycles. The van der Waals surface area contributed by atoms with Gasteiger partial charge < -0.3 is 10.1 Å². The number of pyridine rings is 1. The van der Waals surface area contributed by atoms with Crippen molar-refractivity contribution in [1.82, 2.24) is 15.6 Å². The summed E-state index contributed by atoms with van der Waals surface area (Å²) in [6, 6.07) is 14.9. The monoisotopic (exact) mass is 419 g/mol. The van der Waals surface area contributed by atoms with Gasteiger partial charge in [-0.1, -0.05) is 41.6 Å². The van der Waals surface area contributed by atoms with E-state index in [0.717, 1.165) is 26.7 Å². The van der Waals surface area contributed by atoms with Crippen molar-refractivity contribution in [1.29, 1.82) is 0 Å². The van der Waals surface area contributed by atoms with Crippen LogP contribution in [0.4, 0.5) is 4.79 Å². The SMILES string of the molecule is Cc1cccc(COc2ccc(Sc3ccncc3C3NC(=O)NC3=O)cc2C)c1. The Balaban J connectivity index is 1.49. The number of carbonyl (C=O) groups is 2. The largest absolute Gasteiger partial charge is 0.489 e. The van der Waals surface area contributed by atoms with Gasteiger partial charge in [0.2, 0.25) is 0 Å². The summed E-state index contributed by atoms with van der Waals surface area (Å²) >= 11 is 1.52. The molecule has 2 heterocycles. The fourth-order valence-corrected chi connectivity index (χ4v) is 4.32. The van der Waals surface area contributed by atoms with Crippen molar-refractivity contribution in [2.24, 2.45) is 0 Å². The fourth-order valence-electron chi connectivity index (χ4n) is 3.28. The Kier molecular flexibility index (Phi) is 5.72. The lowest BCUT2D eigenvalue weighted by atomic mass is 10.1. The van der Waals surface area contributed by atoms with Gasteiger partial charge in [-0.2, -0.15) is 0 Å². The summed E-state index contributed by atoms with van der Waals surface area (Å²) in [4.78, 5) is 29.5. The van der Waals surface area contributed by atoms with Crippen LogP contribution < -0.4 is 15.4 Å². The van der Waals surface area contributed by atoms with Crippen LogP contribution in [-0.2, 0) is 11.4 Å². The number of benzene rings is 2. The highest BCUT2D eigenvalue weighted by Gasteiger charge is 2.32. The zero-order valence-corrected chi connectivity index (χ0v) is 17.5. The highest BCUT2D eigenvalue weighted by atomic mass is 32.2. The van der Waals surface area contributed by atoms with Gasteiger partial charge in [0, 0.05) is 27.7 Å². The highest BCUT2D eigenvalue weighted by molar-refractivity contribution is 7.99. The number of hydrogen-bond acceptors (Lipinski definition) is 5. The molecule has 3 amide bonds. The summed E-state index contributed by atoms with van der Waals surface area (Å²) in [5, 5.41) is 4.89. The maximum absolute atomic E-state index is 12.1. The van der Waals surface area contributed by atoms with Gasteiger partial charge in [0.1, 0.15) is 18.4 Å². The molecule has 152 valence electrons. The van der Waals surface area contributed by atoms with Crippen molar-refractivity contribution < 1.29 is 14.3 Å². The zero-order valence-electron chi connectivity index (χ0n) is 16.6. The molecule has 1 unspecified atom stereocenters. The van der Waals surface area contributed by atoms with E-state index in [4.69, 9.17) is 4.74 Å². The molecule has 3 aromatic rings. The van der Waals surface area contributed by atoms with E-state index in [1.165, 1.54) is 17.3 Å². The molecule has 1 atom stereocenters. The van der Waals surface area contributed by atoms with E-state index < -0.39 is 12.1 Å². The first kappa shape index (κ1) is 20.0. The molecule has 7 heteroatoms. The van der Waals surface area contributed by atoms with Crippen LogP contribution in [0.5, 0.6) is 5.75 Å². The van der Waals surface area contributed by atoms with Crippen molar-refractivity contribution in [2.45, 2.75) is 36.3 Å². The second-order valence-corrected chi connectivity index (χ2v) is 8.23. The molecule has 4 rings (SSSR count). The molecule has 0 saturated carbocycles. The molecule has 1 aromatic heterocycles. The minimum atomic E-state index is -0.730. The Labute approximate surface area is 179 Å². The van der Waals surface area contributed by atoms with E-state index in [-0.39, 0.29) is 5.91 Å². The number of urea groups is 1. The highest BCUT2D eigenvalue weighted by Crippen LogP contribution is 2.35. The Morgan fingerprint density at radius 3 is 2.70 bits per heavy atom. The van der Waals surface area contributed by atoms with E-state index in [1.54, 1.807) is 12.4 Å². The minimum Gasteiger partial charge on any atom is -0.489 e. The van der Waals surface area contributed by atoms with Crippen molar-refractivity contribution >= 4 is 23.7 Å². The van der Waals surface area contributed by atoms with E-state index in [2.05, 4.69) is 40.7 Å². The van der Waals surface area contributed by atoms with Crippen molar-refractivity contribution in [3.63, 3.8) is 0 Å². The Hall–Kier alpha value is -3.32. The Bertz CT molecular complexity index is 1120. The average Bonchev–Trinajstić information content (AvgIpc) is 3.06. The summed E-state index contributed by atoms with van der Waals surface area (Å²) in [5.41, 5.74) is 4.03. The summed E-state index contributed by atoms with van der Waals surface area (Å²) in [6.45, 7) is 4.59. The van der Waals surface area contributed by atoms with Gasteiger partial charge in [0.25, 0.3) is 5.91 Å². The molecule has 6 nitrogen and oxygen atoms in total. The van der Waals surface area contributed by atoms with Gasteiger partial charge in [-0.25, -0.2) is 4.79 Å². The molecule has 30 heavy (non-hydrogen) atoms. The summed E-state index contributed by atoms with van der Waals surface area (Å²) in [7, 11) is 0. The third-order valence-electron chi connectivity index (χ3n) is 4.75. The first-order valence-electron chi connectivity index (χ1n) is 9.52. The number of aromatic nitrogens is 1. The van der Waals surface area contributed by atoms with Crippen molar-refractivity contribution in [2.75, 3.05) is 0 Å². The van der Waals surface area contributed by atoms with Crippen LogP contribution in [0.1, 0.15) is 28.3 Å². The van der Waals surface area contributed by atoms with Gasteiger partial charge in [-0.3, -0.25) is 15.1 Å². The van der Waals surface area contributed by atoms with Gasteiger partial charge in [-0.15, -0.1) is 0 Å². The first-order valence-corrected chi connectivity index (χ1v) is 10.3. The number of aryl methyl sites for hydroxylation is 2. The Morgan fingerprint density at radius 1 is 1.10 bits per heavy atom. The van der Waals surface area contributed by atoms with Gasteiger partial charge in [-0.05, 0) is 49.2 Å². The molecule has 2 N–H and O–H groups in total. The predicted octanol–water partition coefficient (Wildman–Crippen LogP) is 4.31. The minimum absolute atomic E-state index is 0.370. The van der Waals surface area contributed by atoms with Crippen LogP contribution in [0.15, 0.2) is 70.7 Å². The van der Waals surface area contributed by atoms with Crippen LogP contribution in [0.25, 0.3) is 0 Å². The van der Waals surface area contributed by atoms with Gasteiger partial charge in [0.05, 0.1) is 0 Å². The summed E-state index contributed by atoms with van der Waals surface area (Å²) in [5.74, 6) is 0.462. The van der Waals surface area contributed by atoms with Crippen molar-refractivity contribution in [3.05, 3.63) is 83.2 Å². The topological polar surface area (TPSA) is 80.3 Å². The molecule has 1 aliphatic heterocycles. The van der Waals surface area contributed by atoms with E-state index >= 15 is 0 Å². The number of amides is 3. The van der Waals surface area contributed by atoms with Gasteiger partial charge in [0.15, 0.2) is 0 Å². The second kappa shape index (κ2) is 8.59. The van der Waals surface area contributed by atoms with Crippen LogP contribution >= 0.6 is 11.8 Å². The number of carbonyl (C=O) groups excluding carboxylic acids is 2. The molecular weight excluding hydrogens is 398 g/mol.